The van der Waals surface area contributed by atoms with Gasteiger partial charge in [-0.3, -0.25) is 14.9 Å². The van der Waals surface area contributed by atoms with E-state index < -0.39 is 17.9 Å². The average Bonchev–Trinajstić information content (AvgIpc) is 3.40. The number of rotatable bonds is 7. The van der Waals surface area contributed by atoms with Gasteiger partial charge in [0.2, 0.25) is 17.6 Å². The molecule has 2 heterocycles. The van der Waals surface area contributed by atoms with Gasteiger partial charge >= 0.3 is 0 Å². The third-order valence-corrected chi connectivity index (χ3v) is 5.04. The molecule has 0 radical (unpaired) electrons. The molecule has 2 aromatic heterocycles. The first-order chi connectivity index (χ1) is 15.4. The SMILES string of the molecule is COc1cc2cc(C(=O)NC(C)C(=O)Nc3nc4ccccc4[nH]3)[nH]c2c(OC)c1OC. The van der Waals surface area contributed by atoms with Crippen molar-refractivity contribution in [1.82, 2.24) is 20.3 Å². The normalized spacial score (nSPS) is 11.9. The molecule has 10 nitrogen and oxygen atoms in total. The largest absolute Gasteiger partial charge is 0.493 e. The molecule has 0 saturated carbocycles. The van der Waals surface area contributed by atoms with Gasteiger partial charge in [-0.15, -0.1) is 0 Å². The summed E-state index contributed by atoms with van der Waals surface area (Å²) in [6.45, 7) is 1.59. The van der Waals surface area contributed by atoms with E-state index >= 15 is 0 Å². The fraction of sp³-hybridized carbons (Fsp3) is 0.227. The molecule has 0 fully saturated rings. The number of methoxy groups -OCH3 is 3. The minimum absolute atomic E-state index is 0.261. The number of aromatic nitrogens is 3. The molecule has 0 aliphatic heterocycles. The van der Waals surface area contributed by atoms with Crippen LogP contribution in [-0.4, -0.2) is 54.1 Å². The summed E-state index contributed by atoms with van der Waals surface area (Å²) in [6, 6.07) is 10.0. The Balaban J connectivity index is 1.51. The molecule has 0 spiro atoms. The van der Waals surface area contributed by atoms with E-state index in [0.717, 1.165) is 11.0 Å². The molecule has 0 aliphatic rings. The van der Waals surface area contributed by atoms with Gasteiger partial charge in [0.25, 0.3) is 5.91 Å². The summed E-state index contributed by atoms with van der Waals surface area (Å²) in [6.07, 6.45) is 0. The van der Waals surface area contributed by atoms with Crippen molar-refractivity contribution >= 4 is 39.7 Å². The lowest BCUT2D eigenvalue weighted by molar-refractivity contribution is -0.117. The zero-order chi connectivity index (χ0) is 22.8. The summed E-state index contributed by atoms with van der Waals surface area (Å²) < 4.78 is 16.2. The molecule has 4 N–H and O–H groups in total. The van der Waals surface area contributed by atoms with Gasteiger partial charge in [-0.2, -0.15) is 0 Å². The summed E-state index contributed by atoms with van der Waals surface area (Å²) in [5.41, 5.74) is 2.38. The van der Waals surface area contributed by atoms with Crippen LogP contribution < -0.4 is 24.8 Å². The van der Waals surface area contributed by atoms with E-state index in [2.05, 4.69) is 25.6 Å². The van der Waals surface area contributed by atoms with E-state index in [4.69, 9.17) is 14.2 Å². The lowest BCUT2D eigenvalue weighted by Gasteiger charge is -2.13. The number of hydrogen-bond donors (Lipinski definition) is 4. The first-order valence-corrected chi connectivity index (χ1v) is 9.83. The van der Waals surface area contributed by atoms with Crippen molar-refractivity contribution in [2.24, 2.45) is 0 Å². The number of H-pyrrole nitrogens is 2. The predicted octanol–water partition coefficient (Wildman–Crippen LogP) is 2.83. The zero-order valence-corrected chi connectivity index (χ0v) is 18.0. The van der Waals surface area contributed by atoms with Crippen molar-refractivity contribution < 1.29 is 23.8 Å². The molecule has 1 unspecified atom stereocenters. The third kappa shape index (κ3) is 3.78. The van der Waals surface area contributed by atoms with Crippen LogP contribution in [-0.2, 0) is 4.79 Å². The molecule has 0 aliphatic carbocycles. The van der Waals surface area contributed by atoms with Gasteiger partial charge in [-0.1, -0.05) is 12.1 Å². The molecule has 0 saturated heterocycles. The minimum Gasteiger partial charge on any atom is -0.493 e. The number of imidazole rings is 1. The first kappa shape index (κ1) is 21.0. The Bertz CT molecular complexity index is 1280. The fourth-order valence-electron chi connectivity index (χ4n) is 3.44. The average molecular weight is 437 g/mol. The molecule has 0 bridgehead atoms. The number of carbonyl (C=O) groups excluding carboxylic acids is 2. The second kappa shape index (κ2) is 8.50. The van der Waals surface area contributed by atoms with Gasteiger partial charge in [0.05, 0.1) is 37.9 Å². The summed E-state index contributed by atoms with van der Waals surface area (Å²) in [7, 11) is 4.53. The smallest absolute Gasteiger partial charge is 0.268 e. The number of anilines is 1. The maximum atomic E-state index is 12.8. The van der Waals surface area contributed by atoms with Crippen LogP contribution in [0.5, 0.6) is 17.2 Å². The molecule has 166 valence electrons. The quantitative estimate of drug-likeness (QED) is 0.352. The van der Waals surface area contributed by atoms with Crippen LogP contribution in [0.2, 0.25) is 0 Å². The molecular formula is C22H23N5O5. The number of aromatic amines is 2. The number of para-hydroxylation sites is 2. The molecule has 1 atom stereocenters. The molecule has 10 heteroatoms. The van der Waals surface area contributed by atoms with E-state index in [1.54, 1.807) is 19.1 Å². The molecular weight excluding hydrogens is 414 g/mol. The van der Waals surface area contributed by atoms with Crippen LogP contribution in [0.15, 0.2) is 36.4 Å². The highest BCUT2D eigenvalue weighted by Gasteiger charge is 2.22. The van der Waals surface area contributed by atoms with Crippen molar-refractivity contribution in [1.29, 1.82) is 0 Å². The Morgan fingerprint density at radius 2 is 1.75 bits per heavy atom. The summed E-state index contributed by atoms with van der Waals surface area (Å²) >= 11 is 0. The van der Waals surface area contributed by atoms with Crippen LogP contribution in [0, 0.1) is 0 Å². The Hall–Kier alpha value is -4.21. The van der Waals surface area contributed by atoms with E-state index in [1.165, 1.54) is 21.3 Å². The molecule has 2 amide bonds. The highest BCUT2D eigenvalue weighted by atomic mass is 16.5. The van der Waals surface area contributed by atoms with Gasteiger partial charge in [-0.25, -0.2) is 4.98 Å². The maximum Gasteiger partial charge on any atom is 0.268 e. The number of fused-ring (bicyclic) bond motifs is 2. The van der Waals surface area contributed by atoms with Crippen LogP contribution in [0.1, 0.15) is 17.4 Å². The Kier molecular flexibility index (Phi) is 5.59. The van der Waals surface area contributed by atoms with Crippen molar-refractivity contribution in [3.05, 3.63) is 42.1 Å². The maximum absolute atomic E-state index is 12.8. The van der Waals surface area contributed by atoms with Crippen LogP contribution in [0.25, 0.3) is 21.9 Å². The van der Waals surface area contributed by atoms with Gasteiger partial charge in [-0.05, 0) is 31.2 Å². The third-order valence-electron chi connectivity index (χ3n) is 5.04. The van der Waals surface area contributed by atoms with Gasteiger partial charge in [0.15, 0.2) is 11.5 Å². The number of nitrogens with one attached hydrogen (secondary N) is 4. The first-order valence-electron chi connectivity index (χ1n) is 9.83. The van der Waals surface area contributed by atoms with E-state index in [0.29, 0.717) is 34.1 Å². The Labute approximate surface area is 183 Å². The topological polar surface area (TPSA) is 130 Å². The zero-order valence-electron chi connectivity index (χ0n) is 18.0. The van der Waals surface area contributed by atoms with Crippen LogP contribution in [0.3, 0.4) is 0 Å². The van der Waals surface area contributed by atoms with Crippen molar-refractivity contribution in [2.45, 2.75) is 13.0 Å². The number of amides is 2. The summed E-state index contributed by atoms with van der Waals surface area (Å²) in [5, 5.41) is 6.06. The van der Waals surface area contributed by atoms with E-state index in [-0.39, 0.29) is 5.69 Å². The van der Waals surface area contributed by atoms with Gasteiger partial charge < -0.3 is 29.5 Å². The number of ether oxygens (including phenoxy) is 3. The van der Waals surface area contributed by atoms with Gasteiger partial charge in [0.1, 0.15) is 11.7 Å². The highest BCUT2D eigenvalue weighted by Crippen LogP contribution is 2.43. The number of benzene rings is 2. The second-order valence-electron chi connectivity index (χ2n) is 7.08. The van der Waals surface area contributed by atoms with Crippen LogP contribution >= 0.6 is 0 Å². The van der Waals surface area contributed by atoms with Gasteiger partial charge in [0, 0.05) is 5.39 Å². The standard InChI is InChI=1S/C22H23N5O5/c1-11(20(28)27-22-25-13-7-5-6-8-14(13)26-22)23-21(29)15-9-12-10-16(30-2)18(31-3)19(32-4)17(12)24-15/h5-11,24H,1-4H3,(H,23,29)(H2,25,26,27,28). The Morgan fingerprint density at radius 1 is 1.00 bits per heavy atom. The Morgan fingerprint density at radius 3 is 2.44 bits per heavy atom. The summed E-state index contributed by atoms with van der Waals surface area (Å²) in [5.74, 6) is 0.752. The lowest BCUT2D eigenvalue weighted by Crippen LogP contribution is -2.41. The molecule has 2 aromatic carbocycles. The van der Waals surface area contributed by atoms with E-state index in [9.17, 15) is 9.59 Å². The highest BCUT2D eigenvalue weighted by molar-refractivity contribution is 6.03. The lowest BCUT2D eigenvalue weighted by atomic mass is 10.2. The van der Waals surface area contributed by atoms with Crippen LogP contribution in [0.4, 0.5) is 5.95 Å². The second-order valence-corrected chi connectivity index (χ2v) is 7.08. The van der Waals surface area contributed by atoms with Crippen molar-refractivity contribution in [3.8, 4) is 17.2 Å². The number of hydrogen-bond acceptors (Lipinski definition) is 6. The number of nitrogens with zero attached hydrogens (tertiary/aromatic N) is 1. The molecule has 4 rings (SSSR count). The molecule has 4 aromatic rings. The van der Waals surface area contributed by atoms with Crippen molar-refractivity contribution in [2.75, 3.05) is 26.6 Å². The van der Waals surface area contributed by atoms with Crippen molar-refractivity contribution in [3.63, 3.8) is 0 Å². The minimum atomic E-state index is -0.812. The predicted molar refractivity (Wildman–Crippen MR) is 120 cm³/mol. The fourth-order valence-corrected chi connectivity index (χ4v) is 3.44. The molecule has 32 heavy (non-hydrogen) atoms. The monoisotopic (exact) mass is 437 g/mol. The summed E-state index contributed by atoms with van der Waals surface area (Å²) in [4.78, 5) is 35.7. The van der Waals surface area contributed by atoms with E-state index in [1.807, 2.05) is 24.3 Å². The number of carbonyl (C=O) groups is 2.